The fourth-order valence-corrected chi connectivity index (χ4v) is 3.83. The van der Waals surface area contributed by atoms with Crippen molar-refractivity contribution < 1.29 is 9.59 Å². The number of piperidine rings is 1. The maximum Gasteiger partial charge on any atom is 0.252 e. The summed E-state index contributed by atoms with van der Waals surface area (Å²) >= 11 is 0. The molecule has 2 fully saturated rings. The third-order valence-corrected chi connectivity index (χ3v) is 5.51. The molecule has 9 nitrogen and oxygen atoms in total. The van der Waals surface area contributed by atoms with Gasteiger partial charge in [0.1, 0.15) is 5.82 Å². The number of hydrogen-bond donors (Lipinski definition) is 2. The lowest BCUT2D eigenvalue weighted by Crippen LogP contribution is -2.47. The predicted molar refractivity (Wildman–Crippen MR) is 112 cm³/mol. The van der Waals surface area contributed by atoms with E-state index in [9.17, 15) is 9.59 Å². The van der Waals surface area contributed by atoms with Gasteiger partial charge in [0, 0.05) is 42.5 Å². The summed E-state index contributed by atoms with van der Waals surface area (Å²) in [5, 5.41) is 10.5. The van der Waals surface area contributed by atoms with Crippen LogP contribution < -0.4 is 10.6 Å². The Hall–Kier alpha value is -2.81. The Bertz CT molecular complexity index is 923. The Kier molecular flexibility index (Phi) is 5.80. The predicted octanol–water partition coefficient (Wildman–Crippen LogP) is 1.52. The summed E-state index contributed by atoms with van der Waals surface area (Å²) in [6, 6.07) is 3.94. The molecule has 3 heterocycles. The zero-order valence-corrected chi connectivity index (χ0v) is 17.8. The molecule has 1 aliphatic carbocycles. The summed E-state index contributed by atoms with van der Waals surface area (Å²) < 4.78 is 1.58. The summed E-state index contributed by atoms with van der Waals surface area (Å²) in [5.41, 5.74) is 2.47. The van der Waals surface area contributed by atoms with Crippen molar-refractivity contribution in [3.05, 3.63) is 29.2 Å². The number of aromatic nitrogens is 4. The van der Waals surface area contributed by atoms with Gasteiger partial charge in [0.25, 0.3) is 5.95 Å². The highest BCUT2D eigenvalue weighted by Crippen LogP contribution is 2.29. The quantitative estimate of drug-likeness (QED) is 0.747. The molecule has 0 atom stereocenters. The van der Waals surface area contributed by atoms with Crippen LogP contribution in [0.1, 0.15) is 42.8 Å². The molecule has 0 radical (unpaired) electrons. The van der Waals surface area contributed by atoms with Crippen molar-refractivity contribution in [1.82, 2.24) is 30.0 Å². The smallest absolute Gasteiger partial charge is 0.252 e. The molecular formula is C21H29N7O2. The average Bonchev–Trinajstić information content (AvgIpc) is 3.46. The molecule has 4 rings (SSSR count). The summed E-state index contributed by atoms with van der Waals surface area (Å²) in [7, 11) is 0. The largest absolute Gasteiger partial charge is 0.353 e. The Balaban J connectivity index is 1.33. The van der Waals surface area contributed by atoms with Gasteiger partial charge in [-0.25, -0.2) is 9.97 Å². The number of likely N-dealkylation sites (tertiary alicyclic amines) is 1. The van der Waals surface area contributed by atoms with E-state index in [0.717, 1.165) is 55.9 Å². The van der Waals surface area contributed by atoms with Crippen LogP contribution in [-0.2, 0) is 9.59 Å². The molecule has 1 saturated carbocycles. The highest BCUT2D eigenvalue weighted by Gasteiger charge is 2.32. The van der Waals surface area contributed by atoms with Crippen molar-refractivity contribution in [2.75, 3.05) is 25.0 Å². The second kappa shape index (κ2) is 8.51. The first kappa shape index (κ1) is 20.5. The third kappa shape index (κ3) is 5.02. The highest BCUT2D eigenvalue weighted by atomic mass is 16.2. The van der Waals surface area contributed by atoms with Crippen LogP contribution in [0.15, 0.2) is 12.1 Å². The maximum atomic E-state index is 12.7. The molecule has 2 aliphatic rings. The van der Waals surface area contributed by atoms with E-state index in [2.05, 4.69) is 30.6 Å². The monoisotopic (exact) mass is 411 g/mol. The number of hydrogen-bond acceptors (Lipinski definition) is 6. The van der Waals surface area contributed by atoms with Crippen molar-refractivity contribution in [2.45, 2.75) is 52.5 Å². The van der Waals surface area contributed by atoms with Gasteiger partial charge in [-0.3, -0.25) is 14.5 Å². The first-order valence-corrected chi connectivity index (χ1v) is 10.6. The second-order valence-electron chi connectivity index (χ2n) is 8.41. The van der Waals surface area contributed by atoms with Gasteiger partial charge >= 0.3 is 0 Å². The molecule has 30 heavy (non-hydrogen) atoms. The number of nitrogens with one attached hydrogen (secondary N) is 2. The van der Waals surface area contributed by atoms with E-state index in [1.807, 2.05) is 32.9 Å². The summed E-state index contributed by atoms with van der Waals surface area (Å²) in [5.74, 6) is 1.35. The first-order chi connectivity index (χ1) is 14.4. The molecule has 0 bridgehead atoms. The van der Waals surface area contributed by atoms with Crippen LogP contribution >= 0.6 is 0 Å². The van der Waals surface area contributed by atoms with Crippen molar-refractivity contribution in [3.63, 3.8) is 0 Å². The van der Waals surface area contributed by atoms with Crippen LogP contribution in [-0.4, -0.2) is 62.1 Å². The first-order valence-electron chi connectivity index (χ1n) is 10.6. The van der Waals surface area contributed by atoms with E-state index in [4.69, 9.17) is 0 Å². The van der Waals surface area contributed by atoms with Gasteiger partial charge in [0.15, 0.2) is 0 Å². The lowest BCUT2D eigenvalue weighted by molar-refractivity contribution is -0.123. The van der Waals surface area contributed by atoms with Crippen molar-refractivity contribution in [1.29, 1.82) is 0 Å². The van der Waals surface area contributed by atoms with E-state index in [0.29, 0.717) is 18.3 Å². The maximum absolute atomic E-state index is 12.7. The normalized spacial score (nSPS) is 17.7. The van der Waals surface area contributed by atoms with Crippen LogP contribution in [0.5, 0.6) is 0 Å². The third-order valence-electron chi connectivity index (χ3n) is 5.51. The Morgan fingerprint density at radius 1 is 1.00 bits per heavy atom. The molecule has 2 aromatic heterocycles. The molecule has 160 valence electrons. The van der Waals surface area contributed by atoms with E-state index in [-0.39, 0.29) is 23.8 Å². The van der Waals surface area contributed by atoms with Crippen molar-refractivity contribution in [2.24, 2.45) is 5.92 Å². The van der Waals surface area contributed by atoms with Crippen molar-refractivity contribution in [3.8, 4) is 5.95 Å². The molecule has 2 amide bonds. The summed E-state index contributed by atoms with van der Waals surface area (Å²) in [6.07, 6.45) is 3.79. The number of anilines is 1. The molecule has 9 heteroatoms. The molecule has 1 aliphatic heterocycles. The lowest BCUT2D eigenvalue weighted by Gasteiger charge is -2.31. The van der Waals surface area contributed by atoms with Crippen LogP contribution in [0, 0.1) is 26.7 Å². The van der Waals surface area contributed by atoms with E-state index < -0.39 is 0 Å². The zero-order chi connectivity index (χ0) is 21.3. The highest BCUT2D eigenvalue weighted by molar-refractivity contribution is 5.91. The number of rotatable bonds is 6. The van der Waals surface area contributed by atoms with Crippen LogP contribution in [0.25, 0.3) is 5.95 Å². The van der Waals surface area contributed by atoms with Crippen molar-refractivity contribution >= 4 is 17.6 Å². The van der Waals surface area contributed by atoms with Gasteiger partial charge < -0.3 is 10.6 Å². The van der Waals surface area contributed by atoms with Gasteiger partial charge in [0.2, 0.25) is 11.8 Å². The van der Waals surface area contributed by atoms with Crippen LogP contribution in [0.2, 0.25) is 0 Å². The van der Waals surface area contributed by atoms with E-state index >= 15 is 0 Å². The zero-order valence-electron chi connectivity index (χ0n) is 17.8. The lowest BCUT2D eigenvalue weighted by atomic mass is 10.0. The van der Waals surface area contributed by atoms with Crippen LogP contribution in [0.3, 0.4) is 0 Å². The SMILES string of the molecule is Cc1cc(C)nc(-n2nc(C)cc2NC(=O)CN2CCC(NC(=O)C3CC3)CC2)n1. The van der Waals surface area contributed by atoms with Crippen LogP contribution in [0.4, 0.5) is 5.82 Å². The fraction of sp³-hybridized carbons (Fsp3) is 0.571. The van der Waals surface area contributed by atoms with E-state index in [1.54, 1.807) is 4.68 Å². The minimum Gasteiger partial charge on any atom is -0.353 e. The molecule has 2 aromatic rings. The fourth-order valence-electron chi connectivity index (χ4n) is 3.83. The average molecular weight is 412 g/mol. The standard InChI is InChI=1S/C21H29N7O2/c1-13-10-14(2)23-21(22-13)28-18(11-15(3)26-28)25-19(29)12-27-8-6-17(7-9-27)24-20(30)16-4-5-16/h10-11,16-17H,4-9,12H2,1-3H3,(H,24,30)(H,25,29). The van der Waals surface area contributed by atoms with Gasteiger partial charge in [-0.1, -0.05) is 0 Å². The minimum atomic E-state index is -0.0963. The Morgan fingerprint density at radius 2 is 1.67 bits per heavy atom. The molecule has 0 aromatic carbocycles. The van der Waals surface area contributed by atoms with E-state index in [1.165, 1.54) is 0 Å². The van der Waals surface area contributed by atoms with Gasteiger partial charge in [-0.05, 0) is 52.5 Å². The summed E-state index contributed by atoms with van der Waals surface area (Å²) in [4.78, 5) is 35.6. The second-order valence-corrected chi connectivity index (χ2v) is 8.41. The van der Waals surface area contributed by atoms with Gasteiger partial charge in [0.05, 0.1) is 12.2 Å². The molecule has 2 N–H and O–H groups in total. The molecular weight excluding hydrogens is 382 g/mol. The summed E-state index contributed by atoms with van der Waals surface area (Å²) in [6.45, 7) is 7.58. The number of nitrogens with zero attached hydrogens (tertiary/aromatic N) is 5. The number of carbonyl (C=O) groups is 2. The number of amides is 2. The minimum absolute atomic E-state index is 0.0963. The van der Waals surface area contributed by atoms with Gasteiger partial charge in [-0.15, -0.1) is 0 Å². The number of aryl methyl sites for hydroxylation is 3. The Morgan fingerprint density at radius 3 is 2.30 bits per heavy atom. The molecule has 0 spiro atoms. The molecule has 0 unspecified atom stereocenters. The Labute approximate surface area is 176 Å². The number of carbonyl (C=O) groups excluding carboxylic acids is 2. The van der Waals surface area contributed by atoms with Gasteiger partial charge in [-0.2, -0.15) is 9.78 Å². The topological polar surface area (TPSA) is 105 Å². The molecule has 1 saturated heterocycles.